The van der Waals surface area contributed by atoms with Gasteiger partial charge in [0.2, 0.25) is 0 Å². The number of carbonyl (C=O) groups is 2. The molecule has 0 saturated carbocycles. The number of nitrogens with one attached hydrogen (secondary N) is 2. The molecule has 0 bridgehead atoms. The maximum Gasteiger partial charge on any atom is 0.408 e. The zero-order chi connectivity index (χ0) is 26.0. The molecular formula is C29H34N4O4. The third kappa shape index (κ3) is 7.55. The summed E-state index contributed by atoms with van der Waals surface area (Å²) >= 11 is 0. The van der Waals surface area contributed by atoms with Gasteiger partial charge >= 0.3 is 6.09 Å². The van der Waals surface area contributed by atoms with Gasteiger partial charge in [-0.3, -0.25) is 4.79 Å². The Hall–Kier alpha value is -3.88. The summed E-state index contributed by atoms with van der Waals surface area (Å²) in [5.74, 6) is 0.317. The molecule has 1 aliphatic rings. The summed E-state index contributed by atoms with van der Waals surface area (Å²) in [4.78, 5) is 28.2. The van der Waals surface area contributed by atoms with Crippen LogP contribution in [-0.4, -0.2) is 43.1 Å². The lowest BCUT2D eigenvalue weighted by Gasteiger charge is -2.21. The van der Waals surface area contributed by atoms with Crippen LogP contribution in [0.1, 0.15) is 35.6 Å². The fourth-order valence-corrected chi connectivity index (χ4v) is 4.31. The lowest BCUT2D eigenvalue weighted by Crippen LogP contribution is -2.37. The molecule has 3 aromatic rings. The number of likely N-dealkylation sites (tertiary alicyclic amines) is 1. The Morgan fingerprint density at radius 1 is 1.03 bits per heavy atom. The van der Waals surface area contributed by atoms with E-state index in [2.05, 4.69) is 22.6 Å². The van der Waals surface area contributed by atoms with Gasteiger partial charge in [-0.25, -0.2) is 4.79 Å². The zero-order valence-electron chi connectivity index (χ0n) is 21.1. The maximum atomic E-state index is 13.3. The van der Waals surface area contributed by atoms with Crippen LogP contribution in [0.15, 0.2) is 78.9 Å². The van der Waals surface area contributed by atoms with Crippen LogP contribution >= 0.6 is 0 Å². The fraction of sp³-hybridized carbons (Fsp3) is 0.310. The summed E-state index contributed by atoms with van der Waals surface area (Å²) < 4.78 is 11.3. The SMILES string of the molecule is CN1CCC[C@H]1COc1ccc([C@@H](NC(=O)OCc2ccccc2)C(=O)Nc2cccc(CN)c2)cc1. The number of carbonyl (C=O) groups excluding carboxylic acids is 2. The molecule has 4 rings (SSSR count). The molecule has 0 radical (unpaired) electrons. The van der Waals surface area contributed by atoms with Gasteiger partial charge in [-0.15, -0.1) is 0 Å². The van der Waals surface area contributed by atoms with E-state index in [1.165, 1.54) is 6.42 Å². The first-order valence-electron chi connectivity index (χ1n) is 12.5. The summed E-state index contributed by atoms with van der Waals surface area (Å²) in [6.45, 7) is 2.16. The number of hydrogen-bond acceptors (Lipinski definition) is 6. The number of nitrogens with two attached hydrogens (primary N) is 1. The highest BCUT2D eigenvalue weighted by molar-refractivity contribution is 5.97. The number of benzene rings is 3. The van der Waals surface area contributed by atoms with E-state index in [1.54, 1.807) is 24.3 Å². The Labute approximate surface area is 217 Å². The molecule has 0 aromatic heterocycles. The fourth-order valence-electron chi connectivity index (χ4n) is 4.31. The van der Waals surface area contributed by atoms with Crippen molar-refractivity contribution in [3.63, 3.8) is 0 Å². The minimum Gasteiger partial charge on any atom is -0.492 e. The molecule has 37 heavy (non-hydrogen) atoms. The van der Waals surface area contributed by atoms with Crippen LogP contribution in [-0.2, 0) is 22.7 Å². The second kappa shape index (κ2) is 12.9. The van der Waals surface area contributed by atoms with E-state index >= 15 is 0 Å². The lowest BCUT2D eigenvalue weighted by molar-refractivity contribution is -0.118. The highest BCUT2D eigenvalue weighted by Crippen LogP contribution is 2.22. The number of nitrogens with zero attached hydrogens (tertiary/aromatic N) is 1. The zero-order valence-corrected chi connectivity index (χ0v) is 21.1. The molecule has 3 aromatic carbocycles. The average Bonchev–Trinajstić information content (AvgIpc) is 3.34. The van der Waals surface area contributed by atoms with Gasteiger partial charge in [0.05, 0.1) is 0 Å². The van der Waals surface area contributed by atoms with Crippen LogP contribution in [0, 0.1) is 0 Å². The second-order valence-electron chi connectivity index (χ2n) is 9.19. The molecule has 8 heteroatoms. The maximum absolute atomic E-state index is 13.3. The van der Waals surface area contributed by atoms with E-state index in [4.69, 9.17) is 15.2 Å². The van der Waals surface area contributed by atoms with E-state index in [-0.39, 0.29) is 6.61 Å². The predicted molar refractivity (Wildman–Crippen MR) is 143 cm³/mol. The summed E-state index contributed by atoms with van der Waals surface area (Å²) in [6, 6.07) is 23.3. The minimum atomic E-state index is -0.972. The van der Waals surface area contributed by atoms with Crippen molar-refractivity contribution >= 4 is 17.7 Å². The molecule has 1 fully saturated rings. The Balaban J connectivity index is 1.45. The van der Waals surface area contributed by atoms with Crippen molar-refractivity contribution in [1.82, 2.24) is 10.2 Å². The number of ether oxygens (including phenoxy) is 2. The van der Waals surface area contributed by atoms with Gasteiger partial charge in [-0.2, -0.15) is 0 Å². The Kier molecular flexibility index (Phi) is 9.13. The van der Waals surface area contributed by atoms with E-state index in [9.17, 15) is 9.59 Å². The van der Waals surface area contributed by atoms with Gasteiger partial charge in [0, 0.05) is 18.3 Å². The minimum absolute atomic E-state index is 0.0992. The smallest absolute Gasteiger partial charge is 0.408 e. The number of anilines is 1. The highest BCUT2D eigenvalue weighted by Gasteiger charge is 2.25. The van der Waals surface area contributed by atoms with E-state index in [0.29, 0.717) is 36.2 Å². The van der Waals surface area contributed by atoms with Gasteiger partial charge in [-0.05, 0) is 67.4 Å². The molecule has 1 heterocycles. The highest BCUT2D eigenvalue weighted by atomic mass is 16.5. The molecule has 1 aliphatic heterocycles. The first-order chi connectivity index (χ1) is 18.0. The standard InChI is InChI=1S/C29H34N4O4/c1-33-16-6-11-25(33)20-36-26-14-12-23(13-15-26)27(28(34)31-24-10-5-9-22(17-24)18-30)32-29(35)37-19-21-7-3-2-4-8-21/h2-5,7-10,12-15,17,25,27H,6,11,16,18-20,30H2,1H3,(H,31,34)(H,32,35)/t25-,27+/m0/s1. The lowest BCUT2D eigenvalue weighted by atomic mass is 10.1. The van der Waals surface area contributed by atoms with E-state index < -0.39 is 18.0 Å². The van der Waals surface area contributed by atoms with E-state index in [0.717, 1.165) is 24.1 Å². The van der Waals surface area contributed by atoms with Gasteiger partial charge in [-0.1, -0.05) is 54.6 Å². The van der Waals surface area contributed by atoms with Crippen LogP contribution in [0.25, 0.3) is 0 Å². The van der Waals surface area contributed by atoms with Gasteiger partial charge in [0.15, 0.2) is 0 Å². The van der Waals surface area contributed by atoms with Crippen molar-refractivity contribution in [3.05, 3.63) is 95.6 Å². The van der Waals surface area contributed by atoms with Gasteiger partial charge < -0.3 is 30.7 Å². The van der Waals surface area contributed by atoms with Crippen LogP contribution in [0.3, 0.4) is 0 Å². The summed E-state index contributed by atoms with van der Waals surface area (Å²) in [6.07, 6.45) is 1.61. The molecule has 2 amide bonds. The summed E-state index contributed by atoms with van der Waals surface area (Å²) in [5, 5.41) is 5.58. The largest absolute Gasteiger partial charge is 0.492 e. The number of rotatable bonds is 10. The van der Waals surface area contributed by atoms with Crippen LogP contribution in [0.5, 0.6) is 5.75 Å². The first-order valence-corrected chi connectivity index (χ1v) is 12.5. The summed E-state index contributed by atoms with van der Waals surface area (Å²) in [5.41, 5.74) is 8.68. The van der Waals surface area contributed by atoms with Gasteiger partial charge in [0.25, 0.3) is 5.91 Å². The Morgan fingerprint density at radius 2 is 1.78 bits per heavy atom. The molecule has 0 unspecified atom stereocenters. The quantitative estimate of drug-likeness (QED) is 0.383. The molecule has 0 aliphatic carbocycles. The third-order valence-corrected chi connectivity index (χ3v) is 6.49. The van der Waals surface area contributed by atoms with Crippen molar-refractivity contribution in [1.29, 1.82) is 0 Å². The Bertz CT molecular complexity index is 1170. The number of alkyl carbamates (subject to hydrolysis) is 1. The summed E-state index contributed by atoms with van der Waals surface area (Å²) in [7, 11) is 2.11. The molecule has 2 atom stereocenters. The van der Waals surface area contributed by atoms with Crippen molar-refractivity contribution < 1.29 is 19.1 Å². The van der Waals surface area contributed by atoms with Crippen LogP contribution in [0.2, 0.25) is 0 Å². The third-order valence-electron chi connectivity index (χ3n) is 6.49. The van der Waals surface area contributed by atoms with Crippen molar-refractivity contribution in [2.45, 2.75) is 38.1 Å². The molecule has 194 valence electrons. The van der Waals surface area contributed by atoms with Crippen LogP contribution < -0.4 is 21.1 Å². The van der Waals surface area contributed by atoms with Crippen LogP contribution in [0.4, 0.5) is 10.5 Å². The number of amides is 2. The molecule has 8 nitrogen and oxygen atoms in total. The van der Waals surface area contributed by atoms with Gasteiger partial charge in [0.1, 0.15) is 25.0 Å². The predicted octanol–water partition coefficient (Wildman–Crippen LogP) is 4.22. The number of likely N-dealkylation sites (N-methyl/N-ethyl adjacent to an activating group) is 1. The van der Waals surface area contributed by atoms with Crippen molar-refractivity contribution in [2.75, 3.05) is 25.5 Å². The topological polar surface area (TPSA) is 106 Å². The normalized spacial score (nSPS) is 16.1. The molecule has 1 saturated heterocycles. The Morgan fingerprint density at radius 3 is 2.49 bits per heavy atom. The first kappa shape index (κ1) is 26.2. The average molecular weight is 503 g/mol. The monoisotopic (exact) mass is 502 g/mol. The molecule has 0 spiro atoms. The molecule has 4 N–H and O–H groups in total. The molecular weight excluding hydrogens is 468 g/mol. The van der Waals surface area contributed by atoms with Crippen molar-refractivity contribution in [3.8, 4) is 5.75 Å². The van der Waals surface area contributed by atoms with E-state index in [1.807, 2.05) is 54.6 Å². The number of hydrogen-bond donors (Lipinski definition) is 3. The van der Waals surface area contributed by atoms with Crippen molar-refractivity contribution in [2.24, 2.45) is 5.73 Å². The second-order valence-corrected chi connectivity index (χ2v) is 9.19.